The van der Waals surface area contributed by atoms with E-state index in [1.165, 1.54) is 6.07 Å². The molecule has 0 saturated heterocycles. The summed E-state index contributed by atoms with van der Waals surface area (Å²) in [4.78, 5) is 23.8. The van der Waals surface area contributed by atoms with E-state index in [9.17, 15) is 14.0 Å². The number of nitrogens with zero attached hydrogens (tertiary/aromatic N) is 1. The van der Waals surface area contributed by atoms with Gasteiger partial charge in [0.15, 0.2) is 0 Å². The van der Waals surface area contributed by atoms with Crippen LogP contribution in [0.25, 0.3) is 0 Å². The normalized spacial score (nSPS) is 11.9. The van der Waals surface area contributed by atoms with Gasteiger partial charge in [-0.15, -0.1) is 0 Å². The molecule has 5 nitrogen and oxygen atoms in total. The number of rotatable bonds is 6. The van der Waals surface area contributed by atoms with Gasteiger partial charge in [0.2, 0.25) is 0 Å². The third-order valence-corrected chi connectivity index (χ3v) is 2.88. The number of primary amides is 1. The van der Waals surface area contributed by atoms with Gasteiger partial charge >= 0.3 is 5.97 Å². The molecule has 0 aromatic heterocycles. The maximum absolute atomic E-state index is 13.6. The van der Waals surface area contributed by atoms with Gasteiger partial charge in [-0.3, -0.25) is 9.59 Å². The number of aliphatic carboxylic acids is 1. The van der Waals surface area contributed by atoms with Crippen molar-refractivity contribution in [3.05, 3.63) is 29.6 Å². The Hall–Kier alpha value is -2.11. The lowest BCUT2D eigenvalue weighted by atomic mass is 10.1. The van der Waals surface area contributed by atoms with Crippen LogP contribution < -0.4 is 10.6 Å². The van der Waals surface area contributed by atoms with E-state index in [0.717, 1.165) is 6.07 Å². The van der Waals surface area contributed by atoms with Crippen LogP contribution in [-0.2, 0) is 4.79 Å². The van der Waals surface area contributed by atoms with Crippen LogP contribution in [0.3, 0.4) is 0 Å². The van der Waals surface area contributed by atoms with Gasteiger partial charge < -0.3 is 15.7 Å². The molecular formula is C13H17FN2O3. The van der Waals surface area contributed by atoms with Crippen molar-refractivity contribution in [2.24, 2.45) is 11.7 Å². The highest BCUT2D eigenvalue weighted by molar-refractivity contribution is 5.99. The zero-order valence-electron chi connectivity index (χ0n) is 10.9. The molecule has 0 aliphatic rings. The number of halogens is 1. The molecule has 19 heavy (non-hydrogen) atoms. The molecule has 1 atom stereocenters. The second kappa shape index (κ2) is 6.17. The predicted molar refractivity (Wildman–Crippen MR) is 69.6 cm³/mol. The molecule has 0 aliphatic heterocycles. The number of carboxylic acid groups (broad SMARTS) is 1. The first kappa shape index (κ1) is 14.9. The average molecular weight is 268 g/mol. The highest BCUT2D eigenvalue weighted by Crippen LogP contribution is 2.23. The lowest BCUT2D eigenvalue weighted by molar-refractivity contribution is -0.140. The van der Waals surface area contributed by atoms with Crippen molar-refractivity contribution < 1.29 is 19.1 Å². The van der Waals surface area contributed by atoms with E-state index >= 15 is 0 Å². The molecular weight excluding hydrogens is 251 g/mol. The Balaban J connectivity index is 3.15. The maximum Gasteiger partial charge on any atom is 0.308 e. The lowest BCUT2D eigenvalue weighted by Gasteiger charge is -2.26. The van der Waals surface area contributed by atoms with E-state index < -0.39 is 23.6 Å². The third kappa shape index (κ3) is 3.43. The molecule has 0 aliphatic carbocycles. The number of carbonyl (C=O) groups is 2. The van der Waals surface area contributed by atoms with Gasteiger partial charge in [0.25, 0.3) is 5.91 Å². The Labute approximate surface area is 110 Å². The van der Waals surface area contributed by atoms with E-state index in [2.05, 4.69) is 0 Å². The Morgan fingerprint density at radius 2 is 2.11 bits per heavy atom. The van der Waals surface area contributed by atoms with Crippen molar-refractivity contribution >= 4 is 17.6 Å². The number of nitrogens with two attached hydrogens (primary N) is 1. The zero-order valence-corrected chi connectivity index (χ0v) is 10.9. The average Bonchev–Trinajstić information content (AvgIpc) is 2.34. The summed E-state index contributed by atoms with van der Waals surface area (Å²) in [5, 5.41) is 8.91. The van der Waals surface area contributed by atoms with Crippen molar-refractivity contribution in [3.63, 3.8) is 0 Å². The second-order valence-electron chi connectivity index (χ2n) is 4.28. The van der Waals surface area contributed by atoms with E-state index in [-0.39, 0.29) is 12.1 Å². The number of benzene rings is 1. The Kier molecular flexibility index (Phi) is 4.86. The number of carbonyl (C=O) groups excluding carboxylic acids is 1. The summed E-state index contributed by atoms with van der Waals surface area (Å²) in [5.74, 6) is -3.15. The summed E-state index contributed by atoms with van der Waals surface area (Å²) in [6.45, 7) is 3.97. The van der Waals surface area contributed by atoms with Crippen LogP contribution in [0.15, 0.2) is 18.2 Å². The van der Waals surface area contributed by atoms with E-state index in [0.29, 0.717) is 12.2 Å². The molecule has 0 heterocycles. The Bertz CT molecular complexity index is 491. The lowest BCUT2D eigenvalue weighted by Crippen LogP contribution is -2.33. The van der Waals surface area contributed by atoms with Crippen LogP contribution in [0, 0.1) is 11.7 Å². The van der Waals surface area contributed by atoms with Gasteiger partial charge in [0.1, 0.15) is 5.82 Å². The maximum atomic E-state index is 13.6. The number of amides is 1. The van der Waals surface area contributed by atoms with Crippen LogP contribution in [0.1, 0.15) is 24.2 Å². The summed E-state index contributed by atoms with van der Waals surface area (Å²) < 4.78 is 13.6. The van der Waals surface area contributed by atoms with E-state index in [4.69, 9.17) is 10.8 Å². The monoisotopic (exact) mass is 268 g/mol. The topological polar surface area (TPSA) is 83.6 Å². The second-order valence-corrected chi connectivity index (χ2v) is 4.28. The number of hydrogen-bond acceptors (Lipinski definition) is 3. The minimum atomic E-state index is -0.949. The highest BCUT2D eigenvalue weighted by Gasteiger charge is 2.21. The van der Waals surface area contributed by atoms with E-state index in [1.54, 1.807) is 24.8 Å². The van der Waals surface area contributed by atoms with Gasteiger partial charge in [-0.05, 0) is 19.1 Å². The van der Waals surface area contributed by atoms with Gasteiger partial charge in [-0.1, -0.05) is 13.0 Å². The molecule has 1 rings (SSSR count). The minimum absolute atomic E-state index is 0.176. The fraction of sp³-hybridized carbons (Fsp3) is 0.385. The molecule has 3 N–H and O–H groups in total. The van der Waals surface area contributed by atoms with Crippen molar-refractivity contribution in [2.75, 3.05) is 18.0 Å². The van der Waals surface area contributed by atoms with Crippen molar-refractivity contribution in [1.29, 1.82) is 0 Å². The first-order valence-electron chi connectivity index (χ1n) is 5.94. The number of hydrogen-bond donors (Lipinski definition) is 2. The predicted octanol–water partition coefficient (Wildman–Crippen LogP) is 1.47. The standard InChI is InChI=1S/C13H17FN2O3/c1-3-16(7-8(2)13(18)19)10-6-4-5-9(14)11(10)12(15)17/h4-6,8H,3,7H2,1-2H3,(H2,15,17)(H,18,19). The van der Waals surface area contributed by atoms with Crippen LogP contribution in [-0.4, -0.2) is 30.1 Å². The summed E-state index contributed by atoms with van der Waals surface area (Å²) in [6.07, 6.45) is 0. The summed E-state index contributed by atoms with van der Waals surface area (Å²) in [6, 6.07) is 4.17. The first-order chi connectivity index (χ1) is 8.88. The van der Waals surface area contributed by atoms with Crippen LogP contribution in [0.5, 0.6) is 0 Å². The van der Waals surface area contributed by atoms with Crippen LogP contribution >= 0.6 is 0 Å². The number of anilines is 1. The largest absolute Gasteiger partial charge is 0.481 e. The molecule has 6 heteroatoms. The molecule has 0 spiro atoms. The molecule has 1 unspecified atom stereocenters. The fourth-order valence-electron chi connectivity index (χ4n) is 1.83. The van der Waals surface area contributed by atoms with Crippen molar-refractivity contribution in [2.45, 2.75) is 13.8 Å². The first-order valence-corrected chi connectivity index (χ1v) is 5.94. The third-order valence-electron chi connectivity index (χ3n) is 2.88. The van der Waals surface area contributed by atoms with Crippen molar-refractivity contribution in [1.82, 2.24) is 0 Å². The molecule has 1 aromatic carbocycles. The van der Waals surface area contributed by atoms with Gasteiger partial charge in [0.05, 0.1) is 17.2 Å². The summed E-state index contributed by atoms with van der Waals surface area (Å²) in [7, 11) is 0. The molecule has 0 radical (unpaired) electrons. The highest BCUT2D eigenvalue weighted by atomic mass is 19.1. The molecule has 1 aromatic rings. The molecule has 0 saturated carbocycles. The SMILES string of the molecule is CCN(CC(C)C(=O)O)c1cccc(F)c1C(N)=O. The Morgan fingerprint density at radius 3 is 2.58 bits per heavy atom. The van der Waals surface area contributed by atoms with Gasteiger partial charge in [-0.2, -0.15) is 0 Å². The summed E-state index contributed by atoms with van der Waals surface area (Å²) in [5.41, 5.74) is 5.29. The zero-order chi connectivity index (χ0) is 14.6. The smallest absolute Gasteiger partial charge is 0.308 e. The van der Waals surface area contributed by atoms with Crippen LogP contribution in [0.2, 0.25) is 0 Å². The quantitative estimate of drug-likeness (QED) is 0.818. The number of carboxylic acids is 1. The molecule has 1 amide bonds. The van der Waals surface area contributed by atoms with E-state index in [1.807, 2.05) is 0 Å². The summed E-state index contributed by atoms with van der Waals surface area (Å²) >= 11 is 0. The fourth-order valence-corrected chi connectivity index (χ4v) is 1.83. The molecule has 0 bridgehead atoms. The Morgan fingerprint density at radius 1 is 1.47 bits per heavy atom. The van der Waals surface area contributed by atoms with Gasteiger partial charge in [0, 0.05) is 13.1 Å². The van der Waals surface area contributed by atoms with Crippen LogP contribution in [0.4, 0.5) is 10.1 Å². The molecule has 0 fully saturated rings. The minimum Gasteiger partial charge on any atom is -0.481 e. The van der Waals surface area contributed by atoms with Gasteiger partial charge in [-0.25, -0.2) is 4.39 Å². The van der Waals surface area contributed by atoms with Crippen molar-refractivity contribution in [3.8, 4) is 0 Å². The molecule has 104 valence electrons.